The number of alkyl halides is 2. The Morgan fingerprint density at radius 2 is 2.21 bits per heavy atom. The van der Waals surface area contributed by atoms with E-state index in [1.165, 1.54) is 12.8 Å². The van der Waals surface area contributed by atoms with Crippen molar-refractivity contribution in [1.29, 1.82) is 0 Å². The van der Waals surface area contributed by atoms with Crippen LogP contribution < -0.4 is 4.72 Å². The molecule has 1 saturated carbocycles. The van der Waals surface area contributed by atoms with Crippen molar-refractivity contribution in [3.05, 3.63) is 24.3 Å². The Balaban J connectivity index is 1.56. The zero-order chi connectivity index (χ0) is 19.3. The summed E-state index contributed by atoms with van der Waals surface area (Å²) in [6, 6.07) is 1.02. The average Bonchev–Trinajstić information content (AvgIpc) is 3.21. The van der Waals surface area contributed by atoms with Gasteiger partial charge in [0.05, 0.1) is 18.3 Å². The quantitative estimate of drug-likeness (QED) is 0.486. The van der Waals surface area contributed by atoms with Crippen LogP contribution in [-0.2, 0) is 6.42 Å². The number of piperidine rings is 1. The van der Waals surface area contributed by atoms with E-state index < -0.39 is 12.0 Å². The van der Waals surface area contributed by atoms with E-state index in [-0.39, 0.29) is 6.54 Å². The highest BCUT2D eigenvalue weighted by Gasteiger charge is 2.46. The molecule has 0 amide bonds. The third-order valence-corrected chi connectivity index (χ3v) is 6.77. The van der Waals surface area contributed by atoms with Crippen LogP contribution in [0.2, 0.25) is 0 Å². The van der Waals surface area contributed by atoms with Crippen LogP contribution in [-0.4, -0.2) is 62.3 Å². The molecule has 0 radical (unpaired) electrons. The third kappa shape index (κ3) is 3.29. The fourth-order valence-electron chi connectivity index (χ4n) is 4.09. The molecule has 5 rings (SSSR count). The number of hydrogen-bond acceptors (Lipinski definition) is 5. The van der Waals surface area contributed by atoms with Crippen molar-refractivity contribution in [2.24, 2.45) is 0 Å². The standard InChI is InChI=1S/C19H24F2N6S/c1-26-9-6-15(19(20,21)11-26)27-16(5-8-24-28-12-2-3-12)25-14-10-23-18-13(17(14)27)4-7-22-18/h4,7,10,12,15,24H,2-3,5-6,8-9,11H2,1H3,(H,22,23). The molecule has 1 saturated heterocycles. The number of nitrogens with zero attached hydrogens (tertiary/aromatic N) is 4. The van der Waals surface area contributed by atoms with E-state index >= 15 is 8.78 Å². The first-order valence-corrected chi connectivity index (χ1v) is 10.7. The summed E-state index contributed by atoms with van der Waals surface area (Å²) in [5.41, 5.74) is 2.16. The second kappa shape index (κ2) is 6.96. The molecule has 1 aliphatic carbocycles. The Morgan fingerprint density at radius 3 is 3.00 bits per heavy atom. The molecule has 9 heteroatoms. The Hall–Kier alpha value is -1.71. The maximum atomic E-state index is 15.1. The molecule has 28 heavy (non-hydrogen) atoms. The maximum absolute atomic E-state index is 15.1. The van der Waals surface area contributed by atoms with Crippen LogP contribution in [0.25, 0.3) is 22.1 Å². The van der Waals surface area contributed by atoms with Crippen LogP contribution in [0.1, 0.15) is 31.1 Å². The summed E-state index contributed by atoms with van der Waals surface area (Å²) in [6.07, 6.45) is 7.02. The highest BCUT2D eigenvalue weighted by atomic mass is 32.2. The highest BCUT2D eigenvalue weighted by molar-refractivity contribution is 7.98. The molecule has 2 N–H and O–H groups in total. The smallest absolute Gasteiger partial charge is 0.280 e. The maximum Gasteiger partial charge on any atom is 0.280 e. The first kappa shape index (κ1) is 18.3. The number of aromatic amines is 1. The molecule has 0 aromatic carbocycles. The molecular weight excluding hydrogens is 382 g/mol. The fraction of sp³-hybridized carbons (Fsp3) is 0.579. The van der Waals surface area contributed by atoms with Crippen LogP contribution in [0.3, 0.4) is 0 Å². The zero-order valence-corrected chi connectivity index (χ0v) is 16.6. The molecule has 4 heterocycles. The number of aromatic nitrogens is 4. The van der Waals surface area contributed by atoms with Crippen LogP contribution in [0.4, 0.5) is 8.78 Å². The van der Waals surface area contributed by atoms with E-state index in [2.05, 4.69) is 14.7 Å². The molecule has 1 atom stereocenters. The van der Waals surface area contributed by atoms with Gasteiger partial charge in [-0.3, -0.25) is 4.72 Å². The van der Waals surface area contributed by atoms with E-state index in [0.29, 0.717) is 48.2 Å². The Labute approximate surface area is 166 Å². The summed E-state index contributed by atoms with van der Waals surface area (Å²) < 4.78 is 35.4. The van der Waals surface area contributed by atoms with Crippen molar-refractivity contribution in [3.63, 3.8) is 0 Å². The first-order chi connectivity index (χ1) is 13.5. The van der Waals surface area contributed by atoms with E-state index in [4.69, 9.17) is 4.98 Å². The van der Waals surface area contributed by atoms with Crippen molar-refractivity contribution in [2.45, 2.75) is 42.9 Å². The number of hydrogen-bond donors (Lipinski definition) is 2. The number of H-pyrrole nitrogens is 1. The second-order valence-electron chi connectivity index (χ2n) is 7.89. The SMILES string of the molecule is CN1CCC(n2c(CCNSC3CC3)nc3cnc4[nH]ccc4c32)C(F)(F)C1. The number of rotatable bonds is 6. The summed E-state index contributed by atoms with van der Waals surface area (Å²) in [4.78, 5) is 13.9. The van der Waals surface area contributed by atoms with Crippen LogP contribution in [0, 0.1) is 0 Å². The molecule has 2 aliphatic rings. The largest absolute Gasteiger partial charge is 0.346 e. The number of likely N-dealkylation sites (tertiary alicyclic amines) is 1. The molecule has 1 unspecified atom stereocenters. The summed E-state index contributed by atoms with van der Waals surface area (Å²) >= 11 is 1.75. The third-order valence-electron chi connectivity index (χ3n) is 5.60. The fourth-order valence-corrected chi connectivity index (χ4v) is 4.92. The van der Waals surface area contributed by atoms with Gasteiger partial charge in [-0.1, -0.05) is 11.9 Å². The van der Waals surface area contributed by atoms with Gasteiger partial charge in [-0.25, -0.2) is 18.7 Å². The van der Waals surface area contributed by atoms with Crippen molar-refractivity contribution < 1.29 is 8.78 Å². The van der Waals surface area contributed by atoms with Gasteiger partial charge in [0.15, 0.2) is 0 Å². The minimum Gasteiger partial charge on any atom is -0.346 e. The first-order valence-electron chi connectivity index (χ1n) is 9.81. The summed E-state index contributed by atoms with van der Waals surface area (Å²) in [5.74, 6) is -2.10. The molecule has 3 aromatic rings. The van der Waals surface area contributed by atoms with Gasteiger partial charge in [0.2, 0.25) is 0 Å². The minimum atomic E-state index is -2.81. The van der Waals surface area contributed by atoms with Crippen LogP contribution in [0.15, 0.2) is 18.5 Å². The van der Waals surface area contributed by atoms with Crippen molar-refractivity contribution >= 4 is 34.0 Å². The number of halogens is 2. The Morgan fingerprint density at radius 1 is 1.36 bits per heavy atom. The summed E-state index contributed by atoms with van der Waals surface area (Å²) in [6.45, 7) is 1.14. The number of imidazole rings is 1. The Bertz CT molecular complexity index is 995. The lowest BCUT2D eigenvalue weighted by atomic mass is 10.00. The van der Waals surface area contributed by atoms with Crippen molar-refractivity contribution in [1.82, 2.24) is 29.1 Å². The molecule has 1 aliphatic heterocycles. The van der Waals surface area contributed by atoms with Gasteiger partial charge in [-0.15, -0.1) is 0 Å². The number of nitrogens with one attached hydrogen (secondary N) is 2. The molecule has 0 bridgehead atoms. The van der Waals surface area contributed by atoms with Gasteiger partial charge in [0.1, 0.15) is 23.0 Å². The monoisotopic (exact) mass is 406 g/mol. The summed E-state index contributed by atoms with van der Waals surface area (Å²) in [7, 11) is 1.75. The lowest BCUT2D eigenvalue weighted by Crippen LogP contribution is -2.48. The lowest BCUT2D eigenvalue weighted by molar-refractivity contribution is -0.0974. The molecule has 2 fully saturated rings. The Kier molecular flexibility index (Phi) is 4.56. The summed E-state index contributed by atoms with van der Waals surface area (Å²) in [5, 5.41) is 1.56. The van der Waals surface area contributed by atoms with Gasteiger partial charge in [0, 0.05) is 36.3 Å². The lowest BCUT2D eigenvalue weighted by Gasteiger charge is -2.38. The molecule has 150 valence electrons. The predicted octanol–water partition coefficient (Wildman–Crippen LogP) is 3.37. The number of pyridine rings is 1. The van der Waals surface area contributed by atoms with Crippen molar-refractivity contribution in [3.8, 4) is 0 Å². The molecule has 6 nitrogen and oxygen atoms in total. The average molecular weight is 407 g/mol. The molecular formula is C19H24F2N6S. The van der Waals surface area contributed by atoms with Gasteiger partial charge in [0.25, 0.3) is 5.92 Å². The van der Waals surface area contributed by atoms with Gasteiger partial charge >= 0.3 is 0 Å². The number of fused-ring (bicyclic) bond motifs is 3. The van der Waals surface area contributed by atoms with Crippen molar-refractivity contribution in [2.75, 3.05) is 26.7 Å². The predicted molar refractivity (Wildman–Crippen MR) is 108 cm³/mol. The van der Waals surface area contributed by atoms with E-state index in [1.54, 1.807) is 36.3 Å². The van der Waals surface area contributed by atoms with Gasteiger partial charge in [-0.2, -0.15) is 0 Å². The van der Waals surface area contributed by atoms with Gasteiger partial charge in [-0.05, 0) is 32.4 Å². The van der Waals surface area contributed by atoms with Crippen LogP contribution >= 0.6 is 11.9 Å². The topological polar surface area (TPSA) is 61.8 Å². The highest BCUT2D eigenvalue weighted by Crippen LogP contribution is 2.40. The van der Waals surface area contributed by atoms with Crippen LogP contribution in [0.5, 0.6) is 0 Å². The molecule has 3 aromatic heterocycles. The zero-order valence-electron chi connectivity index (χ0n) is 15.8. The van der Waals surface area contributed by atoms with Gasteiger partial charge < -0.3 is 14.5 Å². The molecule has 0 spiro atoms. The van der Waals surface area contributed by atoms with E-state index in [0.717, 1.165) is 10.9 Å². The minimum absolute atomic E-state index is 0.228. The normalized spacial score (nSPS) is 23.0. The van der Waals surface area contributed by atoms with E-state index in [9.17, 15) is 0 Å². The van der Waals surface area contributed by atoms with E-state index in [1.807, 2.05) is 10.6 Å². The second-order valence-corrected chi connectivity index (χ2v) is 9.09.